The van der Waals surface area contributed by atoms with Crippen LogP contribution in [0.3, 0.4) is 0 Å². The zero-order valence-electron chi connectivity index (χ0n) is 11.6. The summed E-state index contributed by atoms with van der Waals surface area (Å²) >= 11 is 11.1. The van der Waals surface area contributed by atoms with Crippen LogP contribution in [0.25, 0.3) is 0 Å². The first-order chi connectivity index (χ1) is 10.5. The van der Waals surface area contributed by atoms with E-state index in [9.17, 15) is 8.78 Å². The van der Waals surface area contributed by atoms with Gasteiger partial charge in [-0.2, -0.15) is 8.78 Å². The summed E-state index contributed by atoms with van der Waals surface area (Å²) in [6.45, 7) is -1.01. The lowest BCUT2D eigenvalue weighted by Crippen LogP contribution is -2.20. The minimum atomic E-state index is -2.90. The number of anilines is 2. The molecular formula is C15H13ClF2N2OS. The molecule has 7 heteroatoms. The summed E-state index contributed by atoms with van der Waals surface area (Å²) in [6.07, 6.45) is 0. The van der Waals surface area contributed by atoms with Gasteiger partial charge in [0.1, 0.15) is 5.75 Å². The summed E-state index contributed by atoms with van der Waals surface area (Å²) in [7, 11) is 0. The van der Waals surface area contributed by atoms with Crippen molar-refractivity contribution in [3.63, 3.8) is 0 Å². The molecule has 3 nitrogen and oxygen atoms in total. The fourth-order valence-corrected chi connectivity index (χ4v) is 2.17. The first-order valence-corrected chi connectivity index (χ1v) is 7.12. The van der Waals surface area contributed by atoms with E-state index in [4.69, 9.17) is 23.8 Å². The highest BCUT2D eigenvalue weighted by Crippen LogP contribution is 2.26. The number of halogens is 3. The van der Waals surface area contributed by atoms with E-state index in [1.54, 1.807) is 30.3 Å². The quantitative estimate of drug-likeness (QED) is 0.761. The summed E-state index contributed by atoms with van der Waals surface area (Å²) in [4.78, 5) is 0. The monoisotopic (exact) mass is 342 g/mol. The van der Waals surface area contributed by atoms with E-state index in [1.807, 2.05) is 13.0 Å². The van der Waals surface area contributed by atoms with Gasteiger partial charge >= 0.3 is 6.61 Å². The Labute approximate surface area is 137 Å². The first kappa shape index (κ1) is 16.5. The molecule has 0 aromatic heterocycles. The Hall–Kier alpha value is -1.92. The SMILES string of the molecule is Cc1ccc(Cl)cc1NC(=S)Nc1ccccc1OC(F)F. The molecule has 0 bridgehead atoms. The standard InChI is InChI=1S/C15H13ClF2N2OS/c1-9-6-7-10(16)8-12(9)20-15(22)19-11-4-2-3-5-13(11)21-14(17)18/h2-8,14H,1H3,(H2,19,20,22). The van der Waals surface area contributed by atoms with Crippen molar-refractivity contribution in [1.29, 1.82) is 0 Å². The lowest BCUT2D eigenvalue weighted by Gasteiger charge is -2.15. The first-order valence-electron chi connectivity index (χ1n) is 6.33. The maximum Gasteiger partial charge on any atom is 0.387 e. The van der Waals surface area contributed by atoms with Gasteiger partial charge in [-0.3, -0.25) is 0 Å². The highest BCUT2D eigenvalue weighted by atomic mass is 35.5. The van der Waals surface area contributed by atoms with Crippen LogP contribution in [0.4, 0.5) is 20.2 Å². The summed E-state index contributed by atoms with van der Waals surface area (Å²) in [6, 6.07) is 11.7. The summed E-state index contributed by atoms with van der Waals surface area (Å²) < 4.78 is 29.2. The molecule has 0 aliphatic carbocycles. The van der Waals surface area contributed by atoms with Crippen LogP contribution in [0, 0.1) is 6.92 Å². The molecule has 0 saturated carbocycles. The van der Waals surface area contributed by atoms with Crippen LogP contribution < -0.4 is 15.4 Å². The minimum Gasteiger partial charge on any atom is -0.433 e. The second kappa shape index (κ2) is 7.38. The molecule has 2 aromatic rings. The highest BCUT2D eigenvalue weighted by molar-refractivity contribution is 7.80. The van der Waals surface area contributed by atoms with E-state index in [0.29, 0.717) is 10.7 Å². The van der Waals surface area contributed by atoms with E-state index in [-0.39, 0.29) is 10.9 Å². The number of aryl methyl sites for hydroxylation is 1. The average molecular weight is 343 g/mol. The lowest BCUT2D eigenvalue weighted by atomic mass is 10.2. The van der Waals surface area contributed by atoms with Gasteiger partial charge < -0.3 is 15.4 Å². The van der Waals surface area contributed by atoms with Gasteiger partial charge in [-0.1, -0.05) is 29.8 Å². The molecule has 116 valence electrons. The minimum absolute atomic E-state index is 0.0180. The second-order valence-corrected chi connectivity index (χ2v) is 5.26. The van der Waals surface area contributed by atoms with E-state index in [1.165, 1.54) is 6.07 Å². The van der Waals surface area contributed by atoms with Gasteiger partial charge in [0, 0.05) is 10.7 Å². The number of benzene rings is 2. The van der Waals surface area contributed by atoms with Crippen LogP contribution >= 0.6 is 23.8 Å². The number of rotatable bonds is 4. The van der Waals surface area contributed by atoms with E-state index >= 15 is 0 Å². The molecule has 22 heavy (non-hydrogen) atoms. The molecular weight excluding hydrogens is 330 g/mol. The number of hydrogen-bond acceptors (Lipinski definition) is 2. The van der Waals surface area contributed by atoms with Gasteiger partial charge in [-0.25, -0.2) is 0 Å². The molecule has 0 spiro atoms. The summed E-state index contributed by atoms with van der Waals surface area (Å²) in [5, 5.41) is 6.62. The summed E-state index contributed by atoms with van der Waals surface area (Å²) in [5.41, 5.74) is 2.03. The average Bonchev–Trinajstić information content (AvgIpc) is 2.44. The smallest absolute Gasteiger partial charge is 0.387 e. The molecule has 0 atom stereocenters. The van der Waals surface area contributed by atoms with E-state index < -0.39 is 6.61 Å². The molecule has 0 saturated heterocycles. The van der Waals surface area contributed by atoms with Crippen LogP contribution in [0.15, 0.2) is 42.5 Å². The molecule has 2 N–H and O–H groups in total. The van der Waals surface area contributed by atoms with Crippen molar-refractivity contribution in [3.05, 3.63) is 53.1 Å². The van der Waals surface area contributed by atoms with Crippen molar-refractivity contribution in [2.75, 3.05) is 10.6 Å². The Morgan fingerprint density at radius 2 is 1.82 bits per heavy atom. The fraction of sp³-hybridized carbons (Fsp3) is 0.133. The molecule has 0 amide bonds. The number of hydrogen-bond donors (Lipinski definition) is 2. The molecule has 0 aliphatic rings. The molecule has 0 fully saturated rings. The third kappa shape index (κ3) is 4.54. The van der Waals surface area contributed by atoms with Crippen molar-refractivity contribution in [2.24, 2.45) is 0 Å². The molecule has 0 aliphatic heterocycles. The number of nitrogens with one attached hydrogen (secondary N) is 2. The Morgan fingerprint density at radius 1 is 1.14 bits per heavy atom. The predicted molar refractivity (Wildman–Crippen MR) is 89.1 cm³/mol. The Kier molecular flexibility index (Phi) is 5.51. The molecule has 2 aromatic carbocycles. The fourth-order valence-electron chi connectivity index (χ4n) is 1.77. The Bertz CT molecular complexity index is 682. The van der Waals surface area contributed by atoms with Crippen molar-refractivity contribution in [2.45, 2.75) is 13.5 Å². The lowest BCUT2D eigenvalue weighted by molar-refractivity contribution is -0.0493. The van der Waals surface area contributed by atoms with Gasteiger partial charge in [-0.05, 0) is 49.0 Å². The van der Waals surface area contributed by atoms with Crippen molar-refractivity contribution < 1.29 is 13.5 Å². The Balaban J connectivity index is 2.11. The third-order valence-electron chi connectivity index (χ3n) is 2.80. The van der Waals surface area contributed by atoms with Gasteiger partial charge in [0.15, 0.2) is 5.11 Å². The van der Waals surface area contributed by atoms with Gasteiger partial charge in [-0.15, -0.1) is 0 Å². The van der Waals surface area contributed by atoms with Crippen LogP contribution in [-0.4, -0.2) is 11.7 Å². The molecule has 0 unspecified atom stereocenters. The van der Waals surface area contributed by atoms with E-state index in [2.05, 4.69) is 15.4 Å². The second-order valence-electron chi connectivity index (χ2n) is 4.41. The van der Waals surface area contributed by atoms with Gasteiger partial charge in [0.2, 0.25) is 0 Å². The topological polar surface area (TPSA) is 33.3 Å². The number of ether oxygens (including phenoxy) is 1. The zero-order chi connectivity index (χ0) is 16.1. The third-order valence-corrected chi connectivity index (χ3v) is 3.24. The maximum atomic E-state index is 12.4. The number of alkyl halides is 2. The van der Waals surface area contributed by atoms with Crippen molar-refractivity contribution >= 4 is 40.3 Å². The molecule has 0 radical (unpaired) electrons. The largest absolute Gasteiger partial charge is 0.433 e. The van der Waals surface area contributed by atoms with Crippen molar-refractivity contribution in [3.8, 4) is 5.75 Å². The van der Waals surface area contributed by atoms with Crippen LogP contribution in [0.1, 0.15) is 5.56 Å². The summed E-state index contributed by atoms with van der Waals surface area (Å²) in [5.74, 6) is 0.0180. The Morgan fingerprint density at radius 3 is 2.55 bits per heavy atom. The number of para-hydroxylation sites is 2. The zero-order valence-corrected chi connectivity index (χ0v) is 13.1. The van der Waals surface area contributed by atoms with Crippen LogP contribution in [0.2, 0.25) is 5.02 Å². The maximum absolute atomic E-state index is 12.4. The highest BCUT2D eigenvalue weighted by Gasteiger charge is 2.10. The van der Waals surface area contributed by atoms with E-state index in [0.717, 1.165) is 11.3 Å². The number of thiocarbonyl (C=S) groups is 1. The van der Waals surface area contributed by atoms with Crippen LogP contribution in [-0.2, 0) is 0 Å². The molecule has 0 heterocycles. The normalized spacial score (nSPS) is 10.4. The van der Waals surface area contributed by atoms with Gasteiger partial charge in [0.25, 0.3) is 0 Å². The van der Waals surface area contributed by atoms with Crippen LogP contribution in [0.5, 0.6) is 5.75 Å². The molecule has 2 rings (SSSR count). The van der Waals surface area contributed by atoms with Crippen molar-refractivity contribution in [1.82, 2.24) is 0 Å². The van der Waals surface area contributed by atoms with Gasteiger partial charge in [0.05, 0.1) is 5.69 Å². The predicted octanol–water partition coefficient (Wildman–Crippen LogP) is 5.06.